The lowest BCUT2D eigenvalue weighted by Gasteiger charge is -2.12. The number of amidine groups is 1. The fourth-order valence-electron chi connectivity index (χ4n) is 2.24. The molecule has 0 aromatic heterocycles. The number of aromatic hydroxyl groups is 1. The second-order valence-electron chi connectivity index (χ2n) is 5.73. The summed E-state index contributed by atoms with van der Waals surface area (Å²) in [6.45, 7) is 5.82. The molecular weight excluding hydrogens is 330 g/mol. The minimum Gasteiger partial charge on any atom is -0.507 e. The maximum atomic E-state index is 11.6. The van der Waals surface area contributed by atoms with E-state index in [4.69, 9.17) is 5.11 Å². The first-order chi connectivity index (χ1) is 11.3. The number of carbonyl (C=O) groups is 2. The molecule has 1 heterocycles. The third kappa shape index (κ3) is 4.14. The molecule has 7 nitrogen and oxygen atoms in total. The number of aryl methyl sites for hydroxylation is 1. The summed E-state index contributed by atoms with van der Waals surface area (Å²) in [6.07, 6.45) is 1.16. The van der Waals surface area contributed by atoms with Crippen LogP contribution in [0.2, 0.25) is 0 Å². The molecule has 2 rings (SSSR count). The molecule has 8 heteroatoms. The van der Waals surface area contributed by atoms with Crippen LogP contribution >= 0.6 is 11.8 Å². The van der Waals surface area contributed by atoms with E-state index in [1.54, 1.807) is 0 Å². The van der Waals surface area contributed by atoms with Crippen LogP contribution in [0, 0.1) is 6.92 Å². The van der Waals surface area contributed by atoms with Crippen LogP contribution in [-0.4, -0.2) is 38.7 Å². The van der Waals surface area contributed by atoms with Gasteiger partial charge in [0, 0.05) is 5.56 Å². The number of rotatable bonds is 5. The number of aliphatic carboxylic acids is 1. The summed E-state index contributed by atoms with van der Waals surface area (Å²) in [6, 6.07) is 3.78. The maximum Gasteiger partial charge on any atom is 0.305 e. The van der Waals surface area contributed by atoms with Crippen LogP contribution in [0.3, 0.4) is 0 Å². The third-order valence-electron chi connectivity index (χ3n) is 3.56. The maximum absolute atomic E-state index is 11.6. The number of nitrogens with one attached hydrogen (secondary N) is 1. The van der Waals surface area contributed by atoms with Crippen LogP contribution in [0.15, 0.2) is 22.3 Å². The summed E-state index contributed by atoms with van der Waals surface area (Å²) in [5.41, 5.74) is 2.24. The van der Waals surface area contributed by atoms with E-state index in [0.29, 0.717) is 5.56 Å². The Morgan fingerprint density at radius 2 is 2.17 bits per heavy atom. The fourth-order valence-corrected chi connectivity index (χ4v) is 3.15. The van der Waals surface area contributed by atoms with E-state index >= 15 is 0 Å². The number of amides is 1. The molecule has 1 fully saturated rings. The summed E-state index contributed by atoms with van der Waals surface area (Å²) in [7, 11) is 0. The predicted molar refractivity (Wildman–Crippen MR) is 93.7 cm³/mol. The minimum absolute atomic E-state index is 0.167. The molecule has 1 aromatic rings. The highest BCUT2D eigenvalue weighted by atomic mass is 32.2. The van der Waals surface area contributed by atoms with Gasteiger partial charge in [0.15, 0.2) is 5.17 Å². The number of thioether (sulfide) groups is 1. The van der Waals surface area contributed by atoms with Crippen molar-refractivity contribution in [3.05, 3.63) is 28.8 Å². The van der Waals surface area contributed by atoms with E-state index in [1.807, 2.05) is 32.9 Å². The van der Waals surface area contributed by atoms with Crippen molar-refractivity contribution >= 4 is 35.0 Å². The number of hydrogen-bond acceptors (Lipinski definition) is 6. The Morgan fingerprint density at radius 1 is 1.46 bits per heavy atom. The number of nitrogens with zero attached hydrogens (tertiary/aromatic N) is 2. The van der Waals surface area contributed by atoms with E-state index < -0.39 is 17.1 Å². The Hall–Kier alpha value is -2.35. The zero-order valence-corrected chi connectivity index (χ0v) is 14.4. The van der Waals surface area contributed by atoms with E-state index in [1.165, 1.54) is 6.21 Å². The molecule has 1 aromatic carbocycles. The van der Waals surface area contributed by atoms with Crippen molar-refractivity contribution in [3.8, 4) is 5.75 Å². The van der Waals surface area contributed by atoms with Crippen molar-refractivity contribution in [2.24, 2.45) is 10.2 Å². The molecule has 0 bridgehead atoms. The summed E-state index contributed by atoms with van der Waals surface area (Å²) < 4.78 is 0. The lowest BCUT2D eigenvalue weighted by molar-refractivity contribution is -0.138. The van der Waals surface area contributed by atoms with Crippen molar-refractivity contribution in [1.82, 2.24) is 5.32 Å². The molecule has 1 amide bonds. The van der Waals surface area contributed by atoms with Crippen molar-refractivity contribution in [3.63, 3.8) is 0 Å². The van der Waals surface area contributed by atoms with Crippen LogP contribution in [0.4, 0.5) is 0 Å². The largest absolute Gasteiger partial charge is 0.507 e. The zero-order chi connectivity index (χ0) is 17.9. The smallest absolute Gasteiger partial charge is 0.305 e. The molecule has 1 saturated heterocycles. The first-order valence-electron chi connectivity index (χ1n) is 7.42. The number of carboxylic acids is 1. The highest BCUT2D eigenvalue weighted by Gasteiger charge is 2.32. The average Bonchev–Trinajstić information content (AvgIpc) is 2.81. The number of hydrogen-bond donors (Lipinski definition) is 3. The monoisotopic (exact) mass is 349 g/mol. The second-order valence-corrected chi connectivity index (χ2v) is 6.92. The molecule has 128 valence electrons. The highest BCUT2D eigenvalue weighted by Crippen LogP contribution is 2.30. The first kappa shape index (κ1) is 18.0. The average molecular weight is 349 g/mol. The van der Waals surface area contributed by atoms with Crippen LogP contribution < -0.4 is 5.32 Å². The zero-order valence-electron chi connectivity index (χ0n) is 13.6. The molecule has 1 aliphatic heterocycles. The Morgan fingerprint density at radius 3 is 2.79 bits per heavy atom. The summed E-state index contributed by atoms with van der Waals surface area (Å²) in [5.74, 6) is -1.10. The highest BCUT2D eigenvalue weighted by molar-refractivity contribution is 8.15. The molecule has 0 aliphatic carbocycles. The van der Waals surface area contributed by atoms with Crippen LogP contribution in [0.1, 0.15) is 42.9 Å². The van der Waals surface area contributed by atoms with Gasteiger partial charge in [-0.3, -0.25) is 9.59 Å². The van der Waals surface area contributed by atoms with E-state index in [0.717, 1.165) is 22.9 Å². The quantitative estimate of drug-likeness (QED) is 0.557. The third-order valence-corrected chi connectivity index (χ3v) is 4.63. The molecule has 1 atom stereocenters. The van der Waals surface area contributed by atoms with Crippen LogP contribution in [0.5, 0.6) is 5.75 Å². The molecule has 3 N–H and O–H groups in total. The fraction of sp³-hybridized carbons (Fsp3) is 0.375. The molecule has 1 unspecified atom stereocenters. The van der Waals surface area contributed by atoms with E-state index in [2.05, 4.69) is 15.5 Å². The van der Waals surface area contributed by atoms with Gasteiger partial charge in [0.25, 0.3) is 0 Å². The molecule has 1 aliphatic rings. The van der Waals surface area contributed by atoms with Gasteiger partial charge >= 0.3 is 5.97 Å². The Kier molecular flexibility index (Phi) is 5.61. The molecule has 0 radical (unpaired) electrons. The summed E-state index contributed by atoms with van der Waals surface area (Å²) >= 11 is 1.03. The second kappa shape index (κ2) is 7.48. The normalized spacial score (nSPS) is 19.4. The van der Waals surface area contributed by atoms with Crippen LogP contribution in [0.25, 0.3) is 0 Å². The van der Waals surface area contributed by atoms with Gasteiger partial charge in [-0.05, 0) is 24.0 Å². The number of phenolic OH excluding ortho intramolecular Hbond substituents is 1. The van der Waals surface area contributed by atoms with Gasteiger partial charge in [0.2, 0.25) is 5.91 Å². The predicted octanol–water partition coefficient (Wildman–Crippen LogP) is 2.22. The van der Waals surface area contributed by atoms with Crippen molar-refractivity contribution < 1.29 is 19.8 Å². The molecular formula is C16H19N3O4S. The van der Waals surface area contributed by atoms with Gasteiger partial charge in [0.05, 0.1) is 12.6 Å². The van der Waals surface area contributed by atoms with Gasteiger partial charge < -0.3 is 15.5 Å². The van der Waals surface area contributed by atoms with E-state index in [-0.39, 0.29) is 23.3 Å². The lowest BCUT2D eigenvalue weighted by atomic mass is 9.96. The Labute approximate surface area is 143 Å². The standard InChI is InChI=1S/C16H19N3O4S/c1-8(2)10-5-4-9(3)11(14(10)22)7-17-19-16-18-15(23)12(24-16)6-13(20)21/h4-5,7-8,12,22H,6H2,1-3H3,(H,20,21)(H,18,19,23)/b17-7+. The number of carbonyl (C=O) groups excluding carboxylic acids is 1. The van der Waals surface area contributed by atoms with Gasteiger partial charge in [0.1, 0.15) is 11.0 Å². The topological polar surface area (TPSA) is 111 Å². The van der Waals surface area contributed by atoms with Gasteiger partial charge in [-0.15, -0.1) is 5.10 Å². The molecule has 24 heavy (non-hydrogen) atoms. The van der Waals surface area contributed by atoms with Gasteiger partial charge in [-0.25, -0.2) is 0 Å². The van der Waals surface area contributed by atoms with Gasteiger partial charge in [-0.1, -0.05) is 37.7 Å². The minimum atomic E-state index is -1.04. The van der Waals surface area contributed by atoms with E-state index in [9.17, 15) is 14.7 Å². The Balaban J connectivity index is 2.16. The van der Waals surface area contributed by atoms with Crippen molar-refractivity contribution in [2.45, 2.75) is 38.4 Å². The van der Waals surface area contributed by atoms with Gasteiger partial charge in [-0.2, -0.15) is 5.10 Å². The summed E-state index contributed by atoms with van der Waals surface area (Å²) in [4.78, 5) is 22.3. The molecule has 0 spiro atoms. The SMILES string of the molecule is Cc1ccc(C(C)C)c(O)c1/C=N/N=C1\NC(=O)C(CC(=O)O)S1. The molecule has 0 saturated carbocycles. The van der Waals surface area contributed by atoms with Crippen molar-refractivity contribution in [2.75, 3.05) is 0 Å². The number of phenols is 1. The number of benzene rings is 1. The Bertz CT molecular complexity index is 728. The lowest BCUT2D eigenvalue weighted by Crippen LogP contribution is -2.26. The number of carboxylic acid groups (broad SMARTS) is 1. The first-order valence-corrected chi connectivity index (χ1v) is 8.30. The van der Waals surface area contributed by atoms with Crippen LogP contribution in [-0.2, 0) is 9.59 Å². The summed E-state index contributed by atoms with van der Waals surface area (Å²) in [5, 5.41) is 28.9. The van der Waals surface area contributed by atoms with Crippen molar-refractivity contribution in [1.29, 1.82) is 0 Å².